The van der Waals surface area contributed by atoms with E-state index in [2.05, 4.69) is 13.8 Å². The van der Waals surface area contributed by atoms with Gasteiger partial charge in [0.1, 0.15) is 6.10 Å². The van der Waals surface area contributed by atoms with Gasteiger partial charge in [-0.2, -0.15) is 0 Å². The third kappa shape index (κ3) is 16.1. The van der Waals surface area contributed by atoms with Crippen molar-refractivity contribution >= 4 is 5.97 Å². The van der Waals surface area contributed by atoms with Crippen molar-refractivity contribution < 1.29 is 14.3 Å². The van der Waals surface area contributed by atoms with Gasteiger partial charge in [-0.1, -0.05) is 78.1 Å². The van der Waals surface area contributed by atoms with Crippen LogP contribution >= 0.6 is 0 Å². The van der Waals surface area contributed by atoms with Crippen LogP contribution in [0, 0.1) is 0 Å². The molecule has 0 aliphatic heterocycles. The van der Waals surface area contributed by atoms with Crippen molar-refractivity contribution in [2.45, 2.75) is 117 Å². The maximum absolute atomic E-state index is 11.2. The molecule has 0 N–H and O–H groups in total. The quantitative estimate of drug-likeness (QED) is 0.256. The predicted molar refractivity (Wildman–Crippen MR) is 97.7 cm³/mol. The minimum absolute atomic E-state index is 0.141. The number of ether oxygens (including phenoxy) is 2. The Morgan fingerprint density at radius 3 is 1.83 bits per heavy atom. The average Bonchev–Trinajstić information content (AvgIpc) is 2.54. The van der Waals surface area contributed by atoms with E-state index in [9.17, 15) is 4.79 Å². The molecule has 2 atom stereocenters. The maximum atomic E-state index is 11.2. The van der Waals surface area contributed by atoms with Crippen molar-refractivity contribution in [1.82, 2.24) is 0 Å². The fourth-order valence-electron chi connectivity index (χ4n) is 2.64. The Hall–Kier alpha value is -0.570. The lowest BCUT2D eigenvalue weighted by molar-refractivity contribution is -0.151. The largest absolute Gasteiger partial charge is 0.460 e. The summed E-state index contributed by atoms with van der Waals surface area (Å²) in [5, 5.41) is 0. The van der Waals surface area contributed by atoms with Crippen LogP contribution in [0.15, 0.2) is 0 Å². The van der Waals surface area contributed by atoms with Crippen LogP contribution in [0.1, 0.15) is 105 Å². The van der Waals surface area contributed by atoms with E-state index in [0.717, 1.165) is 6.42 Å². The number of hydrogen-bond donors (Lipinski definition) is 0. The van der Waals surface area contributed by atoms with Gasteiger partial charge in [-0.25, -0.2) is 0 Å². The third-order valence-electron chi connectivity index (χ3n) is 4.20. The molecule has 0 heterocycles. The molecule has 0 aromatic carbocycles. The summed E-state index contributed by atoms with van der Waals surface area (Å²) in [5.74, 6) is -0.150. The lowest BCUT2D eigenvalue weighted by Gasteiger charge is -2.17. The summed E-state index contributed by atoms with van der Waals surface area (Å²) >= 11 is 0. The number of rotatable bonds is 16. The molecule has 0 fully saturated rings. The van der Waals surface area contributed by atoms with E-state index in [1.807, 2.05) is 13.8 Å². The molecule has 3 heteroatoms. The summed E-state index contributed by atoms with van der Waals surface area (Å²) in [6.07, 6.45) is 15.3. The number of carbonyl (C=O) groups is 1. The molecule has 0 amide bonds. The molecule has 3 nitrogen and oxygen atoms in total. The Morgan fingerprint density at radius 1 is 0.783 bits per heavy atom. The minimum Gasteiger partial charge on any atom is -0.460 e. The van der Waals surface area contributed by atoms with Gasteiger partial charge in [-0.05, 0) is 20.3 Å². The van der Waals surface area contributed by atoms with Crippen LogP contribution < -0.4 is 0 Å². The Labute approximate surface area is 144 Å². The first-order chi connectivity index (χ1) is 11.1. The molecule has 0 aromatic rings. The minimum atomic E-state index is -0.150. The van der Waals surface area contributed by atoms with Crippen molar-refractivity contribution in [3.8, 4) is 0 Å². The molecule has 2 unspecified atom stereocenters. The summed E-state index contributed by atoms with van der Waals surface area (Å²) in [4.78, 5) is 11.2. The smallest absolute Gasteiger partial charge is 0.305 e. The van der Waals surface area contributed by atoms with E-state index >= 15 is 0 Å². The zero-order valence-corrected chi connectivity index (χ0v) is 16.1. The summed E-state index contributed by atoms with van der Waals surface area (Å²) in [5.41, 5.74) is 0. The van der Waals surface area contributed by atoms with Gasteiger partial charge in [0.2, 0.25) is 0 Å². The fourth-order valence-corrected chi connectivity index (χ4v) is 2.64. The van der Waals surface area contributed by atoms with Gasteiger partial charge in [0, 0.05) is 6.42 Å². The molecule has 0 aromatic heterocycles. The Balaban J connectivity index is 3.33. The van der Waals surface area contributed by atoms with Crippen LogP contribution in [0.2, 0.25) is 0 Å². The highest BCUT2D eigenvalue weighted by molar-refractivity contribution is 5.69. The molecule has 0 bridgehead atoms. The fraction of sp³-hybridized carbons (Fsp3) is 0.950. The monoisotopic (exact) mass is 328 g/mol. The number of carbonyl (C=O) groups excluding carboxylic acids is 1. The van der Waals surface area contributed by atoms with E-state index in [1.165, 1.54) is 64.2 Å². The number of hydrogen-bond acceptors (Lipinski definition) is 3. The van der Waals surface area contributed by atoms with Crippen LogP contribution in [-0.4, -0.2) is 24.8 Å². The van der Waals surface area contributed by atoms with Crippen LogP contribution in [0.3, 0.4) is 0 Å². The van der Waals surface area contributed by atoms with Gasteiger partial charge in [0.05, 0.1) is 12.7 Å². The van der Waals surface area contributed by atoms with Crippen molar-refractivity contribution in [3.63, 3.8) is 0 Å². The van der Waals surface area contributed by atoms with E-state index in [1.54, 1.807) is 0 Å². The van der Waals surface area contributed by atoms with Crippen LogP contribution in [0.4, 0.5) is 0 Å². The van der Waals surface area contributed by atoms with Crippen LogP contribution in [-0.2, 0) is 14.3 Å². The van der Waals surface area contributed by atoms with E-state index in [0.29, 0.717) is 13.0 Å². The molecule has 0 saturated heterocycles. The molecule has 0 aliphatic carbocycles. The van der Waals surface area contributed by atoms with Crippen molar-refractivity contribution in [1.29, 1.82) is 0 Å². The first-order valence-electron chi connectivity index (χ1n) is 9.91. The summed E-state index contributed by atoms with van der Waals surface area (Å²) < 4.78 is 10.9. The molecular weight excluding hydrogens is 288 g/mol. The molecule has 0 aliphatic rings. The van der Waals surface area contributed by atoms with Crippen LogP contribution in [0.5, 0.6) is 0 Å². The van der Waals surface area contributed by atoms with E-state index < -0.39 is 0 Å². The van der Waals surface area contributed by atoms with Gasteiger partial charge in [-0.3, -0.25) is 4.79 Å². The summed E-state index contributed by atoms with van der Waals surface area (Å²) in [6.45, 7) is 8.58. The average molecular weight is 329 g/mol. The summed E-state index contributed by atoms with van der Waals surface area (Å²) in [7, 11) is 0. The Kier molecular flexibility index (Phi) is 15.9. The van der Waals surface area contributed by atoms with Gasteiger partial charge in [0.15, 0.2) is 0 Å². The highest BCUT2D eigenvalue weighted by atomic mass is 16.6. The standard InChI is InChI=1S/C20H40O3/c1-5-7-8-9-10-11-12-13-14-15-16-18(3)22-17-19(4)23-20(21)6-2/h18-19H,5-17H2,1-4H3. The lowest BCUT2D eigenvalue weighted by Crippen LogP contribution is -2.22. The SMILES string of the molecule is CCCCCCCCCCCCC(C)OCC(C)OC(=O)CC. The first-order valence-corrected chi connectivity index (χ1v) is 9.91. The summed E-state index contributed by atoms with van der Waals surface area (Å²) in [6, 6.07) is 0. The van der Waals surface area contributed by atoms with Gasteiger partial charge in [0.25, 0.3) is 0 Å². The molecule has 0 radical (unpaired) electrons. The number of esters is 1. The Bertz CT molecular complexity index is 266. The topological polar surface area (TPSA) is 35.5 Å². The molecular formula is C20H40O3. The molecule has 0 saturated carbocycles. The van der Waals surface area contributed by atoms with Gasteiger partial charge < -0.3 is 9.47 Å². The Morgan fingerprint density at radius 2 is 1.30 bits per heavy atom. The molecule has 0 rings (SSSR count). The zero-order chi connectivity index (χ0) is 17.3. The second-order valence-corrected chi connectivity index (χ2v) is 6.77. The maximum Gasteiger partial charge on any atom is 0.305 e. The predicted octanol–water partition coefficient (Wildman–Crippen LogP) is 6.04. The van der Waals surface area contributed by atoms with Crippen molar-refractivity contribution in [3.05, 3.63) is 0 Å². The number of unbranched alkanes of at least 4 members (excludes halogenated alkanes) is 9. The van der Waals surface area contributed by atoms with E-state index in [4.69, 9.17) is 9.47 Å². The highest BCUT2D eigenvalue weighted by Gasteiger charge is 2.10. The van der Waals surface area contributed by atoms with Crippen molar-refractivity contribution in [2.75, 3.05) is 6.61 Å². The van der Waals surface area contributed by atoms with Gasteiger partial charge in [-0.15, -0.1) is 0 Å². The molecule has 23 heavy (non-hydrogen) atoms. The first kappa shape index (κ1) is 22.4. The second kappa shape index (κ2) is 16.3. The van der Waals surface area contributed by atoms with E-state index in [-0.39, 0.29) is 18.2 Å². The van der Waals surface area contributed by atoms with Crippen LogP contribution in [0.25, 0.3) is 0 Å². The third-order valence-corrected chi connectivity index (χ3v) is 4.20. The molecule has 138 valence electrons. The highest BCUT2D eigenvalue weighted by Crippen LogP contribution is 2.13. The second-order valence-electron chi connectivity index (χ2n) is 6.77. The lowest BCUT2D eigenvalue weighted by atomic mass is 10.0. The van der Waals surface area contributed by atoms with Crippen molar-refractivity contribution in [2.24, 2.45) is 0 Å². The van der Waals surface area contributed by atoms with Gasteiger partial charge >= 0.3 is 5.97 Å². The normalized spacial score (nSPS) is 13.7. The zero-order valence-electron chi connectivity index (χ0n) is 16.1. The molecule has 0 spiro atoms.